The summed E-state index contributed by atoms with van der Waals surface area (Å²) >= 11 is 5.78. The van der Waals surface area contributed by atoms with Crippen molar-refractivity contribution in [1.82, 2.24) is 15.3 Å². The summed E-state index contributed by atoms with van der Waals surface area (Å²) in [6.45, 7) is 3.02. The highest BCUT2D eigenvalue weighted by Crippen LogP contribution is 2.34. The molecule has 0 spiro atoms. The number of rotatable bonds is 2. The number of aromatic nitrogens is 2. The van der Waals surface area contributed by atoms with Crippen LogP contribution in [0.15, 0.2) is 12.4 Å². The Bertz CT molecular complexity index is 363. The van der Waals surface area contributed by atoms with E-state index in [4.69, 9.17) is 11.6 Å². The fraction of sp³-hybridized carbons (Fsp3) is 0.636. The average Bonchev–Trinajstić information content (AvgIpc) is 3.14. The molecule has 1 aromatic heterocycles. The van der Waals surface area contributed by atoms with E-state index < -0.39 is 0 Å². The van der Waals surface area contributed by atoms with Crippen LogP contribution in [0, 0.1) is 5.92 Å². The van der Waals surface area contributed by atoms with Crippen LogP contribution in [0.5, 0.6) is 0 Å². The summed E-state index contributed by atoms with van der Waals surface area (Å²) in [6, 6.07) is 0.619. The molecule has 2 heterocycles. The summed E-state index contributed by atoms with van der Waals surface area (Å²) in [6.07, 6.45) is 6.07. The van der Waals surface area contributed by atoms with E-state index in [1.807, 2.05) is 0 Å². The Morgan fingerprint density at radius 3 is 2.75 bits per heavy atom. The van der Waals surface area contributed by atoms with Gasteiger partial charge in [0.25, 0.3) is 0 Å². The molecule has 0 radical (unpaired) electrons. The summed E-state index contributed by atoms with van der Waals surface area (Å²) in [5.41, 5.74) is 0. The minimum Gasteiger partial charge on any atom is -0.338 e. The number of anilines is 1. The van der Waals surface area contributed by atoms with Crippen LogP contribution in [0.3, 0.4) is 0 Å². The van der Waals surface area contributed by atoms with Gasteiger partial charge in [-0.25, -0.2) is 9.97 Å². The lowest BCUT2D eigenvalue weighted by molar-refractivity contribution is 0.415. The Balaban J connectivity index is 1.71. The van der Waals surface area contributed by atoms with Crippen molar-refractivity contribution in [2.45, 2.75) is 18.9 Å². The van der Waals surface area contributed by atoms with Crippen LogP contribution in [-0.2, 0) is 0 Å². The predicted molar refractivity (Wildman–Crippen MR) is 63.8 cm³/mol. The number of nitrogens with zero attached hydrogens (tertiary/aromatic N) is 3. The molecule has 0 aromatic carbocycles. The maximum Gasteiger partial charge on any atom is 0.225 e. The van der Waals surface area contributed by atoms with Crippen LogP contribution < -0.4 is 10.2 Å². The third kappa shape index (κ3) is 2.13. The smallest absolute Gasteiger partial charge is 0.225 e. The average molecular weight is 239 g/mol. The van der Waals surface area contributed by atoms with Gasteiger partial charge >= 0.3 is 0 Å². The molecule has 2 fully saturated rings. The van der Waals surface area contributed by atoms with Crippen molar-refractivity contribution in [3.05, 3.63) is 17.4 Å². The van der Waals surface area contributed by atoms with E-state index in [0.29, 0.717) is 11.1 Å². The molecule has 1 N–H and O–H groups in total. The van der Waals surface area contributed by atoms with E-state index in [-0.39, 0.29) is 0 Å². The number of halogens is 1. The maximum atomic E-state index is 5.78. The van der Waals surface area contributed by atoms with Crippen molar-refractivity contribution < 1.29 is 0 Å². The van der Waals surface area contributed by atoms with Gasteiger partial charge in [0.1, 0.15) is 0 Å². The van der Waals surface area contributed by atoms with Gasteiger partial charge in [0.2, 0.25) is 5.95 Å². The van der Waals surface area contributed by atoms with Crippen molar-refractivity contribution in [2.24, 2.45) is 5.92 Å². The Morgan fingerprint density at radius 1 is 1.31 bits per heavy atom. The van der Waals surface area contributed by atoms with Crippen LogP contribution >= 0.6 is 11.6 Å². The van der Waals surface area contributed by atoms with E-state index >= 15 is 0 Å². The highest BCUT2D eigenvalue weighted by atomic mass is 35.5. The van der Waals surface area contributed by atoms with Crippen LogP contribution in [0.2, 0.25) is 5.02 Å². The van der Waals surface area contributed by atoms with E-state index in [9.17, 15) is 0 Å². The van der Waals surface area contributed by atoms with Gasteiger partial charge in [-0.1, -0.05) is 11.6 Å². The SMILES string of the molecule is Clc1cnc(N2CCNC(C3CC3)C2)nc1. The molecule has 4 nitrogen and oxygen atoms in total. The Kier molecular flexibility index (Phi) is 2.69. The molecule has 0 amide bonds. The highest BCUT2D eigenvalue weighted by molar-refractivity contribution is 6.30. The molecular formula is C11H15ClN4. The van der Waals surface area contributed by atoms with Crippen molar-refractivity contribution in [3.8, 4) is 0 Å². The quantitative estimate of drug-likeness (QED) is 0.844. The lowest BCUT2D eigenvalue weighted by atomic mass is 10.1. The first kappa shape index (κ1) is 10.3. The van der Waals surface area contributed by atoms with Gasteiger partial charge < -0.3 is 10.2 Å². The van der Waals surface area contributed by atoms with E-state index in [2.05, 4.69) is 20.2 Å². The molecule has 86 valence electrons. The zero-order valence-corrected chi connectivity index (χ0v) is 9.82. The van der Waals surface area contributed by atoms with Crippen molar-refractivity contribution in [2.75, 3.05) is 24.5 Å². The molecule has 0 bridgehead atoms. The molecule has 3 rings (SSSR count). The monoisotopic (exact) mass is 238 g/mol. The molecule has 1 saturated heterocycles. The van der Waals surface area contributed by atoms with Gasteiger partial charge in [0.15, 0.2) is 0 Å². The molecule has 1 aliphatic heterocycles. The Labute approximate surface area is 100 Å². The molecule has 2 aliphatic rings. The molecule has 1 saturated carbocycles. The fourth-order valence-corrected chi connectivity index (χ4v) is 2.34. The first-order chi connectivity index (χ1) is 7.83. The lowest BCUT2D eigenvalue weighted by Crippen LogP contribution is -2.52. The van der Waals surface area contributed by atoms with Crippen LogP contribution in [-0.4, -0.2) is 35.6 Å². The highest BCUT2D eigenvalue weighted by Gasteiger charge is 2.34. The first-order valence-electron chi connectivity index (χ1n) is 5.79. The van der Waals surface area contributed by atoms with Gasteiger partial charge in [0, 0.05) is 25.7 Å². The van der Waals surface area contributed by atoms with Crippen LogP contribution in [0.1, 0.15) is 12.8 Å². The minimum atomic E-state index is 0.595. The summed E-state index contributed by atoms with van der Waals surface area (Å²) in [4.78, 5) is 10.8. The predicted octanol–water partition coefficient (Wildman–Crippen LogP) is 1.32. The summed E-state index contributed by atoms with van der Waals surface area (Å²) in [7, 11) is 0. The third-order valence-electron chi connectivity index (χ3n) is 3.29. The topological polar surface area (TPSA) is 41.1 Å². The van der Waals surface area contributed by atoms with Gasteiger partial charge in [-0.15, -0.1) is 0 Å². The van der Waals surface area contributed by atoms with E-state index in [1.54, 1.807) is 12.4 Å². The number of hydrogen-bond acceptors (Lipinski definition) is 4. The summed E-state index contributed by atoms with van der Waals surface area (Å²) in [5, 5.41) is 4.16. The molecule has 1 aliphatic carbocycles. The summed E-state index contributed by atoms with van der Waals surface area (Å²) in [5.74, 6) is 1.67. The zero-order valence-electron chi connectivity index (χ0n) is 9.06. The lowest BCUT2D eigenvalue weighted by Gasteiger charge is -2.33. The largest absolute Gasteiger partial charge is 0.338 e. The molecule has 16 heavy (non-hydrogen) atoms. The second-order valence-corrected chi connectivity index (χ2v) is 4.98. The van der Waals surface area contributed by atoms with Gasteiger partial charge in [-0.3, -0.25) is 0 Å². The normalized spacial score (nSPS) is 25.8. The molecule has 1 aromatic rings. The first-order valence-corrected chi connectivity index (χ1v) is 6.16. The van der Waals surface area contributed by atoms with Crippen LogP contribution in [0.4, 0.5) is 5.95 Å². The van der Waals surface area contributed by atoms with Crippen molar-refractivity contribution in [1.29, 1.82) is 0 Å². The van der Waals surface area contributed by atoms with Gasteiger partial charge in [-0.2, -0.15) is 0 Å². The Hall–Kier alpha value is -0.870. The van der Waals surface area contributed by atoms with Gasteiger partial charge in [-0.05, 0) is 18.8 Å². The summed E-state index contributed by atoms with van der Waals surface area (Å²) < 4.78 is 0. The number of piperazine rings is 1. The van der Waals surface area contributed by atoms with Gasteiger partial charge in [0.05, 0.1) is 17.4 Å². The third-order valence-corrected chi connectivity index (χ3v) is 3.48. The molecular weight excluding hydrogens is 224 g/mol. The van der Waals surface area contributed by atoms with Crippen LogP contribution in [0.25, 0.3) is 0 Å². The van der Waals surface area contributed by atoms with E-state index in [1.165, 1.54) is 12.8 Å². The minimum absolute atomic E-state index is 0.595. The molecule has 5 heteroatoms. The number of nitrogens with one attached hydrogen (secondary N) is 1. The van der Waals surface area contributed by atoms with E-state index in [0.717, 1.165) is 31.5 Å². The second kappa shape index (κ2) is 4.18. The van der Waals surface area contributed by atoms with Crippen molar-refractivity contribution in [3.63, 3.8) is 0 Å². The van der Waals surface area contributed by atoms with Crippen molar-refractivity contribution >= 4 is 17.5 Å². The molecule has 1 unspecified atom stereocenters. The standard InChI is InChI=1S/C11H15ClN4/c12-9-5-14-11(15-6-9)16-4-3-13-10(7-16)8-1-2-8/h5-6,8,10,13H,1-4,7H2. The fourth-order valence-electron chi connectivity index (χ4n) is 2.24. The Morgan fingerprint density at radius 2 is 2.06 bits per heavy atom. The maximum absolute atomic E-state index is 5.78. The number of hydrogen-bond donors (Lipinski definition) is 1. The zero-order chi connectivity index (χ0) is 11.0. The molecule has 1 atom stereocenters. The second-order valence-electron chi connectivity index (χ2n) is 4.55.